The van der Waals surface area contributed by atoms with Gasteiger partial charge in [-0.3, -0.25) is 4.79 Å². The van der Waals surface area contributed by atoms with Crippen LogP contribution in [0, 0.1) is 0 Å². The molecule has 8 nitrogen and oxygen atoms in total. The summed E-state index contributed by atoms with van der Waals surface area (Å²) in [7, 11) is 1.51. The van der Waals surface area contributed by atoms with E-state index in [4.69, 9.17) is 19.0 Å². The number of nitrogens with one attached hydrogen (secondary N) is 1. The molecule has 2 aromatic heterocycles. The Morgan fingerprint density at radius 1 is 1.00 bits per heavy atom. The van der Waals surface area contributed by atoms with Crippen molar-refractivity contribution in [3.05, 3.63) is 103 Å². The Balaban J connectivity index is 1.33. The van der Waals surface area contributed by atoms with Gasteiger partial charge in [-0.2, -0.15) is 5.10 Å². The van der Waals surface area contributed by atoms with E-state index in [1.807, 2.05) is 60.7 Å². The number of para-hydroxylation sites is 4. The number of fused-ring (bicyclic) bond motifs is 1. The normalized spacial score (nSPS) is 11.1. The van der Waals surface area contributed by atoms with Crippen LogP contribution < -0.4 is 10.1 Å². The molecule has 0 fully saturated rings. The first-order valence-electron chi connectivity index (χ1n) is 11.5. The highest BCUT2D eigenvalue weighted by Gasteiger charge is 2.16. The molecule has 3 aromatic carbocycles. The van der Waals surface area contributed by atoms with E-state index in [2.05, 4.69) is 5.32 Å². The number of aromatic nitrogens is 2. The fourth-order valence-corrected chi connectivity index (χ4v) is 3.79. The van der Waals surface area contributed by atoms with Crippen molar-refractivity contribution in [3.63, 3.8) is 0 Å². The molecular weight excluding hydrogens is 470 g/mol. The first-order chi connectivity index (χ1) is 18.1. The number of methoxy groups -OCH3 is 1. The maximum Gasteiger partial charge on any atom is 0.331 e. The fraction of sp³-hybridized carbons (Fsp3) is 0.0690. The topological polar surface area (TPSA) is 95.6 Å². The minimum atomic E-state index is -0.668. The summed E-state index contributed by atoms with van der Waals surface area (Å²) in [6.07, 6.45) is 4.65. The molecule has 0 atom stereocenters. The summed E-state index contributed by atoms with van der Waals surface area (Å²) in [5.41, 5.74) is 3.30. The monoisotopic (exact) mass is 493 g/mol. The third-order valence-electron chi connectivity index (χ3n) is 5.55. The minimum Gasteiger partial charge on any atom is -0.495 e. The summed E-state index contributed by atoms with van der Waals surface area (Å²) in [5, 5.41) is 8.32. The lowest BCUT2D eigenvalue weighted by molar-refractivity contribution is -0.142. The van der Waals surface area contributed by atoms with Crippen LogP contribution in [0.15, 0.2) is 102 Å². The zero-order valence-electron chi connectivity index (χ0n) is 20.0. The number of hydrogen-bond donors (Lipinski definition) is 1. The highest BCUT2D eigenvalue weighted by molar-refractivity contribution is 5.96. The van der Waals surface area contributed by atoms with E-state index < -0.39 is 18.5 Å². The zero-order valence-corrected chi connectivity index (χ0v) is 20.0. The molecule has 1 N–H and O–H groups in total. The van der Waals surface area contributed by atoms with Gasteiger partial charge in [0.1, 0.15) is 17.0 Å². The van der Waals surface area contributed by atoms with Crippen LogP contribution in [-0.2, 0) is 14.3 Å². The molecule has 0 aliphatic carbocycles. The number of ether oxygens (including phenoxy) is 2. The van der Waals surface area contributed by atoms with E-state index in [1.165, 1.54) is 13.2 Å². The van der Waals surface area contributed by atoms with E-state index in [0.29, 0.717) is 28.5 Å². The molecule has 8 heteroatoms. The number of furan rings is 1. The maximum atomic E-state index is 12.4. The molecule has 0 unspecified atom stereocenters. The third kappa shape index (κ3) is 5.43. The van der Waals surface area contributed by atoms with Crippen LogP contribution in [0.25, 0.3) is 34.2 Å². The van der Waals surface area contributed by atoms with Crippen LogP contribution in [0.2, 0.25) is 0 Å². The van der Waals surface area contributed by atoms with Crippen molar-refractivity contribution in [2.45, 2.75) is 0 Å². The smallest absolute Gasteiger partial charge is 0.331 e. The van der Waals surface area contributed by atoms with Gasteiger partial charge in [0.15, 0.2) is 12.4 Å². The summed E-state index contributed by atoms with van der Waals surface area (Å²) in [4.78, 5) is 24.6. The molecule has 1 amide bonds. The van der Waals surface area contributed by atoms with E-state index in [0.717, 1.165) is 16.7 Å². The van der Waals surface area contributed by atoms with Crippen LogP contribution in [0.4, 0.5) is 5.69 Å². The van der Waals surface area contributed by atoms with Gasteiger partial charge in [0.05, 0.1) is 18.5 Å². The number of anilines is 1. The summed E-state index contributed by atoms with van der Waals surface area (Å²) in [6.45, 7) is -0.444. The van der Waals surface area contributed by atoms with Crippen molar-refractivity contribution in [1.29, 1.82) is 0 Å². The number of hydrogen-bond acceptors (Lipinski definition) is 6. The first kappa shape index (κ1) is 23.6. The molecule has 0 aliphatic rings. The molecule has 5 rings (SSSR count). The highest BCUT2D eigenvalue weighted by atomic mass is 16.5. The number of benzene rings is 3. The second kappa shape index (κ2) is 10.7. The van der Waals surface area contributed by atoms with E-state index in [1.54, 1.807) is 41.2 Å². The molecule has 2 heterocycles. The minimum absolute atomic E-state index is 0.444. The van der Waals surface area contributed by atoms with Crippen LogP contribution in [0.3, 0.4) is 0 Å². The number of esters is 1. The van der Waals surface area contributed by atoms with Crippen molar-refractivity contribution in [3.8, 4) is 22.9 Å². The van der Waals surface area contributed by atoms with Crippen molar-refractivity contribution >= 4 is 34.6 Å². The Labute approximate surface area is 212 Å². The molecule has 184 valence electrons. The molecule has 5 aromatic rings. The van der Waals surface area contributed by atoms with Gasteiger partial charge in [-0.05, 0) is 42.5 Å². The number of rotatable bonds is 8. The van der Waals surface area contributed by atoms with E-state index in [9.17, 15) is 9.59 Å². The molecule has 0 aliphatic heterocycles. The van der Waals surface area contributed by atoms with Crippen molar-refractivity contribution < 1.29 is 23.5 Å². The van der Waals surface area contributed by atoms with Crippen molar-refractivity contribution in [2.24, 2.45) is 0 Å². The predicted molar refractivity (Wildman–Crippen MR) is 140 cm³/mol. The lowest BCUT2D eigenvalue weighted by atomic mass is 10.2. The lowest BCUT2D eigenvalue weighted by Gasteiger charge is -2.09. The highest BCUT2D eigenvalue weighted by Crippen LogP contribution is 2.30. The Hall–Kier alpha value is -5.11. The maximum absolute atomic E-state index is 12.4. The van der Waals surface area contributed by atoms with Gasteiger partial charge in [-0.1, -0.05) is 48.5 Å². The predicted octanol–water partition coefficient (Wildman–Crippen LogP) is 5.49. The first-order valence-corrected chi connectivity index (χ1v) is 11.5. The number of carbonyl (C=O) groups is 2. The summed E-state index contributed by atoms with van der Waals surface area (Å²) < 4.78 is 18.1. The van der Waals surface area contributed by atoms with Gasteiger partial charge in [0.2, 0.25) is 0 Å². The van der Waals surface area contributed by atoms with Crippen molar-refractivity contribution in [1.82, 2.24) is 9.78 Å². The standard InChI is InChI=1S/C29H23N3O5/c1-35-25-14-8-6-12-23(25)30-27(33)19-36-28(34)16-15-21-18-32(22-10-3-2-4-11-22)31-29(21)26-17-20-9-5-7-13-24(20)37-26/h2-18H,19H2,1H3,(H,30,33). The molecule has 0 saturated carbocycles. The molecule has 0 saturated heterocycles. The Morgan fingerprint density at radius 3 is 2.57 bits per heavy atom. The van der Waals surface area contributed by atoms with Crippen LogP contribution in [-0.4, -0.2) is 35.4 Å². The van der Waals surface area contributed by atoms with Gasteiger partial charge in [0, 0.05) is 23.2 Å². The average Bonchev–Trinajstić information content (AvgIpc) is 3.56. The summed E-state index contributed by atoms with van der Waals surface area (Å²) in [5.74, 6) is -0.0694. The summed E-state index contributed by atoms with van der Waals surface area (Å²) in [6, 6.07) is 26.2. The second-order valence-corrected chi connectivity index (χ2v) is 8.05. The molecule has 0 spiro atoms. The quantitative estimate of drug-likeness (QED) is 0.227. The van der Waals surface area contributed by atoms with Crippen molar-refractivity contribution in [2.75, 3.05) is 19.0 Å². The van der Waals surface area contributed by atoms with Gasteiger partial charge < -0.3 is 19.2 Å². The Kier molecular flexibility index (Phi) is 6.80. The van der Waals surface area contributed by atoms with Gasteiger partial charge in [-0.15, -0.1) is 0 Å². The van der Waals surface area contributed by atoms with E-state index >= 15 is 0 Å². The zero-order chi connectivity index (χ0) is 25.6. The number of amides is 1. The second-order valence-electron chi connectivity index (χ2n) is 8.05. The van der Waals surface area contributed by atoms with Crippen LogP contribution in [0.1, 0.15) is 5.56 Å². The van der Waals surface area contributed by atoms with Crippen LogP contribution in [0.5, 0.6) is 5.75 Å². The van der Waals surface area contributed by atoms with Gasteiger partial charge in [0.25, 0.3) is 5.91 Å². The van der Waals surface area contributed by atoms with Gasteiger partial charge >= 0.3 is 5.97 Å². The SMILES string of the molecule is COc1ccccc1NC(=O)COC(=O)C=Cc1cn(-c2ccccc2)nc1-c1cc2ccccc2o1. The number of nitrogens with zero attached hydrogens (tertiary/aromatic N) is 2. The Bertz CT molecular complexity index is 1550. The lowest BCUT2D eigenvalue weighted by Crippen LogP contribution is -2.20. The average molecular weight is 494 g/mol. The van der Waals surface area contributed by atoms with Crippen LogP contribution >= 0.6 is 0 Å². The molecule has 0 bridgehead atoms. The van der Waals surface area contributed by atoms with Gasteiger partial charge in [-0.25, -0.2) is 9.48 Å². The molecule has 0 radical (unpaired) electrons. The molecular formula is C29H23N3O5. The molecule has 37 heavy (non-hydrogen) atoms. The fourth-order valence-electron chi connectivity index (χ4n) is 3.79. The summed E-state index contributed by atoms with van der Waals surface area (Å²) >= 11 is 0. The Morgan fingerprint density at radius 2 is 1.76 bits per heavy atom. The number of carbonyl (C=O) groups excluding carboxylic acids is 2. The van der Waals surface area contributed by atoms with E-state index in [-0.39, 0.29) is 0 Å². The largest absolute Gasteiger partial charge is 0.495 e. The third-order valence-corrected chi connectivity index (χ3v) is 5.55.